The fourth-order valence-corrected chi connectivity index (χ4v) is 2.18. The molecule has 2 nitrogen and oxygen atoms in total. The van der Waals surface area contributed by atoms with Crippen molar-refractivity contribution in [2.24, 2.45) is 0 Å². The third-order valence-corrected chi connectivity index (χ3v) is 3.63. The zero-order valence-electron chi connectivity index (χ0n) is 9.70. The van der Waals surface area contributed by atoms with Crippen molar-refractivity contribution in [3.63, 3.8) is 0 Å². The summed E-state index contributed by atoms with van der Waals surface area (Å²) in [4.78, 5) is 11.2. The summed E-state index contributed by atoms with van der Waals surface area (Å²) in [5, 5.41) is 0. The summed E-state index contributed by atoms with van der Waals surface area (Å²) in [6, 6.07) is 8.54. The van der Waals surface area contributed by atoms with Crippen LogP contribution in [0.4, 0.5) is 0 Å². The van der Waals surface area contributed by atoms with Crippen molar-refractivity contribution in [1.82, 2.24) is 0 Å². The van der Waals surface area contributed by atoms with Gasteiger partial charge in [-0.25, -0.2) is 0 Å². The van der Waals surface area contributed by atoms with E-state index in [9.17, 15) is 4.79 Å². The van der Waals surface area contributed by atoms with Crippen LogP contribution in [0.2, 0.25) is 0 Å². The van der Waals surface area contributed by atoms with E-state index in [4.69, 9.17) is 0 Å². The lowest BCUT2D eigenvalue weighted by Crippen LogP contribution is -2.15. The van der Waals surface area contributed by atoms with Crippen molar-refractivity contribution in [1.29, 1.82) is 0 Å². The Morgan fingerprint density at radius 2 is 2.00 bits per heavy atom. The molecule has 1 unspecified atom stereocenters. The second-order valence-electron chi connectivity index (χ2n) is 3.87. The number of carbonyl (C=O) groups is 1. The summed E-state index contributed by atoms with van der Waals surface area (Å²) >= 11 is 2.14. The van der Waals surface area contributed by atoms with Crippen LogP contribution in [-0.2, 0) is 16.0 Å². The number of ether oxygens (including phenoxy) is 1. The molecule has 0 aliphatic carbocycles. The third kappa shape index (κ3) is 4.51. The maximum Gasteiger partial charge on any atom is 0.318 e. The highest BCUT2D eigenvalue weighted by atomic mass is 127. The molecule has 1 atom stereocenters. The van der Waals surface area contributed by atoms with E-state index in [0.717, 1.165) is 19.3 Å². The predicted octanol–water partition coefficient (Wildman–Crippen LogP) is 3.29. The van der Waals surface area contributed by atoms with E-state index in [1.165, 1.54) is 18.2 Å². The highest BCUT2D eigenvalue weighted by molar-refractivity contribution is 14.1. The van der Waals surface area contributed by atoms with Gasteiger partial charge in [0.25, 0.3) is 0 Å². The Morgan fingerprint density at radius 3 is 2.56 bits per heavy atom. The molecular formula is C13H17IO2. The maximum absolute atomic E-state index is 11.2. The Morgan fingerprint density at radius 1 is 1.38 bits per heavy atom. The first-order chi connectivity index (χ1) is 7.63. The fraction of sp³-hybridized carbons (Fsp3) is 0.462. The van der Waals surface area contributed by atoms with E-state index in [0.29, 0.717) is 0 Å². The molecule has 0 saturated heterocycles. The summed E-state index contributed by atoms with van der Waals surface area (Å²) in [6.45, 7) is 2.09. The standard InChI is InChI=1S/C13H17IO2/c1-10-6-8-11(9-7-10)4-3-5-12(14)13(15)16-2/h6-9,12H,3-5H2,1-2H3. The fourth-order valence-electron chi connectivity index (χ4n) is 1.49. The molecule has 0 amide bonds. The van der Waals surface area contributed by atoms with Gasteiger partial charge in [-0.3, -0.25) is 4.79 Å². The summed E-state index contributed by atoms with van der Waals surface area (Å²) in [5.74, 6) is -0.121. The van der Waals surface area contributed by atoms with Crippen molar-refractivity contribution in [2.75, 3.05) is 7.11 Å². The number of hydrogen-bond donors (Lipinski definition) is 0. The average Bonchev–Trinajstić information content (AvgIpc) is 2.30. The molecule has 0 fully saturated rings. The third-order valence-electron chi connectivity index (χ3n) is 2.50. The van der Waals surface area contributed by atoms with Gasteiger partial charge in [0.2, 0.25) is 0 Å². The van der Waals surface area contributed by atoms with Gasteiger partial charge < -0.3 is 4.74 Å². The van der Waals surface area contributed by atoms with E-state index >= 15 is 0 Å². The molecule has 0 aliphatic rings. The van der Waals surface area contributed by atoms with Gasteiger partial charge in [0.05, 0.1) is 7.11 Å². The lowest BCUT2D eigenvalue weighted by molar-refractivity contribution is -0.139. The van der Waals surface area contributed by atoms with E-state index in [2.05, 4.69) is 58.5 Å². The number of halogens is 1. The van der Waals surface area contributed by atoms with Crippen LogP contribution < -0.4 is 0 Å². The van der Waals surface area contributed by atoms with E-state index in [-0.39, 0.29) is 9.89 Å². The number of methoxy groups -OCH3 is 1. The Kier molecular flexibility index (Phi) is 5.80. The van der Waals surface area contributed by atoms with Crippen LogP contribution in [0, 0.1) is 6.92 Å². The van der Waals surface area contributed by atoms with Gasteiger partial charge in [-0.1, -0.05) is 52.4 Å². The normalized spacial score (nSPS) is 12.2. The first-order valence-corrected chi connectivity index (χ1v) is 6.65. The van der Waals surface area contributed by atoms with Gasteiger partial charge in [-0.2, -0.15) is 0 Å². The summed E-state index contributed by atoms with van der Waals surface area (Å²) in [7, 11) is 1.44. The highest BCUT2D eigenvalue weighted by Gasteiger charge is 2.13. The van der Waals surface area contributed by atoms with Crippen molar-refractivity contribution in [3.8, 4) is 0 Å². The summed E-state index contributed by atoms with van der Waals surface area (Å²) in [5.41, 5.74) is 2.61. The lowest BCUT2D eigenvalue weighted by Gasteiger charge is -2.07. The van der Waals surface area contributed by atoms with Crippen LogP contribution in [0.25, 0.3) is 0 Å². The van der Waals surface area contributed by atoms with Crippen molar-refractivity contribution < 1.29 is 9.53 Å². The predicted molar refractivity (Wildman–Crippen MR) is 73.9 cm³/mol. The molecule has 1 rings (SSSR count). The number of rotatable bonds is 5. The molecule has 0 heterocycles. The Balaban J connectivity index is 2.30. The number of carbonyl (C=O) groups excluding carboxylic acids is 1. The number of hydrogen-bond acceptors (Lipinski definition) is 2. The average molecular weight is 332 g/mol. The second-order valence-corrected chi connectivity index (χ2v) is 5.37. The first-order valence-electron chi connectivity index (χ1n) is 5.41. The molecule has 1 aromatic carbocycles. The number of benzene rings is 1. The minimum atomic E-state index is -0.121. The second kappa shape index (κ2) is 6.89. The minimum absolute atomic E-state index is 0.0203. The molecule has 0 N–H and O–H groups in total. The van der Waals surface area contributed by atoms with E-state index < -0.39 is 0 Å². The summed E-state index contributed by atoms with van der Waals surface area (Å²) in [6.07, 6.45) is 2.92. The van der Waals surface area contributed by atoms with Gasteiger partial charge in [-0.15, -0.1) is 0 Å². The van der Waals surface area contributed by atoms with Gasteiger partial charge >= 0.3 is 5.97 Å². The van der Waals surface area contributed by atoms with Crippen LogP contribution in [0.1, 0.15) is 24.0 Å². The quantitative estimate of drug-likeness (QED) is 0.470. The lowest BCUT2D eigenvalue weighted by atomic mass is 10.1. The highest BCUT2D eigenvalue weighted by Crippen LogP contribution is 2.14. The first kappa shape index (κ1) is 13.5. The maximum atomic E-state index is 11.2. The van der Waals surface area contributed by atoms with Crippen LogP contribution in [-0.4, -0.2) is 17.0 Å². The van der Waals surface area contributed by atoms with Gasteiger partial charge in [0.15, 0.2) is 0 Å². The number of esters is 1. The zero-order chi connectivity index (χ0) is 12.0. The zero-order valence-corrected chi connectivity index (χ0v) is 11.9. The number of aryl methyl sites for hydroxylation is 2. The van der Waals surface area contributed by atoms with E-state index in [1.807, 2.05) is 0 Å². The molecule has 88 valence electrons. The molecule has 0 saturated carbocycles. The molecule has 0 bridgehead atoms. The molecule has 16 heavy (non-hydrogen) atoms. The van der Waals surface area contributed by atoms with Crippen LogP contribution in [0.3, 0.4) is 0 Å². The molecule has 0 radical (unpaired) electrons. The Labute approximate surface area is 111 Å². The van der Waals surface area contributed by atoms with Gasteiger partial charge in [0.1, 0.15) is 3.92 Å². The van der Waals surface area contributed by atoms with Crippen molar-refractivity contribution in [3.05, 3.63) is 35.4 Å². The van der Waals surface area contributed by atoms with Crippen LogP contribution in [0.5, 0.6) is 0 Å². The van der Waals surface area contributed by atoms with Crippen molar-refractivity contribution >= 4 is 28.6 Å². The van der Waals surface area contributed by atoms with Gasteiger partial charge in [-0.05, 0) is 31.7 Å². The van der Waals surface area contributed by atoms with Crippen LogP contribution in [0.15, 0.2) is 24.3 Å². The Hall–Kier alpha value is -0.580. The molecule has 0 aliphatic heterocycles. The molecular weight excluding hydrogens is 315 g/mol. The largest absolute Gasteiger partial charge is 0.468 e. The SMILES string of the molecule is COC(=O)C(I)CCCc1ccc(C)cc1. The smallest absolute Gasteiger partial charge is 0.318 e. The Bertz CT molecular complexity index is 332. The molecule has 0 aromatic heterocycles. The molecule has 0 spiro atoms. The molecule has 1 aromatic rings. The monoisotopic (exact) mass is 332 g/mol. The topological polar surface area (TPSA) is 26.3 Å². The molecule has 3 heteroatoms. The minimum Gasteiger partial charge on any atom is -0.468 e. The van der Waals surface area contributed by atoms with Crippen LogP contribution >= 0.6 is 22.6 Å². The van der Waals surface area contributed by atoms with Gasteiger partial charge in [0, 0.05) is 0 Å². The number of alkyl halides is 1. The summed E-state index contributed by atoms with van der Waals surface area (Å²) < 4.78 is 4.66. The van der Waals surface area contributed by atoms with Crippen molar-refractivity contribution in [2.45, 2.75) is 30.1 Å². The van der Waals surface area contributed by atoms with E-state index in [1.54, 1.807) is 0 Å².